The number of halogens is 2. The number of rotatable bonds is 5. The van der Waals surface area contributed by atoms with Crippen molar-refractivity contribution in [1.29, 1.82) is 0 Å². The third-order valence-corrected chi connectivity index (χ3v) is 4.53. The van der Waals surface area contributed by atoms with E-state index < -0.39 is 10.0 Å². The maximum atomic E-state index is 13.1. The molecule has 0 aliphatic rings. The molecular formula is C12H12BrFN2O3S. The summed E-state index contributed by atoms with van der Waals surface area (Å²) in [6.07, 6.45) is 0. The molecule has 8 heteroatoms. The van der Waals surface area contributed by atoms with Gasteiger partial charge in [0, 0.05) is 4.47 Å². The highest BCUT2D eigenvalue weighted by Crippen LogP contribution is 2.24. The minimum absolute atomic E-state index is 0.157. The van der Waals surface area contributed by atoms with Crippen LogP contribution in [-0.2, 0) is 16.6 Å². The van der Waals surface area contributed by atoms with Gasteiger partial charge in [-0.3, -0.25) is 0 Å². The highest BCUT2D eigenvalue weighted by molar-refractivity contribution is 9.10. The molecule has 0 bridgehead atoms. The van der Waals surface area contributed by atoms with Gasteiger partial charge in [0.2, 0.25) is 5.09 Å². The minimum Gasteiger partial charge on any atom is -0.446 e. The van der Waals surface area contributed by atoms with Crippen LogP contribution >= 0.6 is 15.9 Å². The maximum Gasteiger partial charge on any atom is 0.273 e. The van der Waals surface area contributed by atoms with Crippen LogP contribution < -0.4 is 10.0 Å². The molecule has 108 valence electrons. The van der Waals surface area contributed by atoms with Gasteiger partial charge in [-0.25, -0.2) is 17.5 Å². The van der Waals surface area contributed by atoms with Gasteiger partial charge >= 0.3 is 0 Å². The number of benzene rings is 1. The Morgan fingerprint density at radius 2 is 2.05 bits per heavy atom. The van der Waals surface area contributed by atoms with E-state index in [-0.39, 0.29) is 17.5 Å². The molecule has 1 aromatic carbocycles. The largest absolute Gasteiger partial charge is 0.446 e. The van der Waals surface area contributed by atoms with Crippen molar-refractivity contribution in [3.8, 4) is 0 Å². The summed E-state index contributed by atoms with van der Waals surface area (Å²) in [5.41, 5.74) is 0.555. The minimum atomic E-state index is -3.59. The zero-order valence-corrected chi connectivity index (χ0v) is 12.9. The molecule has 2 N–H and O–H groups in total. The Hall–Kier alpha value is -1.38. The van der Waals surface area contributed by atoms with Crippen LogP contribution in [0.1, 0.15) is 5.76 Å². The highest BCUT2D eigenvalue weighted by Gasteiger charge is 2.16. The third-order valence-electron chi connectivity index (χ3n) is 2.55. The first kappa shape index (κ1) is 15.0. The van der Waals surface area contributed by atoms with Crippen LogP contribution in [0.3, 0.4) is 0 Å². The number of hydrogen-bond donors (Lipinski definition) is 2. The molecule has 2 rings (SSSR count). The lowest BCUT2D eigenvalue weighted by Gasteiger charge is -2.07. The maximum absolute atomic E-state index is 13.1. The quantitative estimate of drug-likeness (QED) is 0.857. The average Bonchev–Trinajstić information content (AvgIpc) is 2.89. The van der Waals surface area contributed by atoms with Gasteiger partial charge in [0.15, 0.2) is 0 Å². The van der Waals surface area contributed by atoms with E-state index in [1.54, 1.807) is 12.1 Å². The molecular weight excluding hydrogens is 351 g/mol. The Morgan fingerprint density at radius 1 is 1.30 bits per heavy atom. The van der Waals surface area contributed by atoms with E-state index in [9.17, 15) is 12.8 Å². The molecule has 0 unspecified atom stereocenters. The monoisotopic (exact) mass is 362 g/mol. The molecule has 0 aliphatic carbocycles. The Labute approximate surface area is 124 Å². The van der Waals surface area contributed by atoms with Crippen LogP contribution in [0.2, 0.25) is 0 Å². The van der Waals surface area contributed by atoms with Gasteiger partial charge in [-0.15, -0.1) is 0 Å². The normalized spacial score (nSPS) is 11.6. The number of hydrogen-bond acceptors (Lipinski definition) is 4. The fourth-order valence-electron chi connectivity index (χ4n) is 1.51. The predicted molar refractivity (Wildman–Crippen MR) is 76.4 cm³/mol. The van der Waals surface area contributed by atoms with E-state index in [1.165, 1.54) is 25.2 Å². The van der Waals surface area contributed by atoms with E-state index in [0.29, 0.717) is 15.9 Å². The summed E-state index contributed by atoms with van der Waals surface area (Å²) in [6.45, 7) is 0.237. The second-order valence-corrected chi connectivity index (χ2v) is 6.58. The van der Waals surface area contributed by atoms with Gasteiger partial charge in [0.25, 0.3) is 10.0 Å². The fourth-order valence-corrected chi connectivity index (χ4v) is 2.57. The first-order chi connectivity index (χ1) is 9.42. The topological polar surface area (TPSA) is 71.3 Å². The molecule has 1 heterocycles. The van der Waals surface area contributed by atoms with Crippen molar-refractivity contribution in [3.05, 3.63) is 46.4 Å². The summed E-state index contributed by atoms with van der Waals surface area (Å²) in [5, 5.41) is 2.80. The van der Waals surface area contributed by atoms with Crippen LogP contribution in [-0.4, -0.2) is 15.5 Å². The van der Waals surface area contributed by atoms with Crippen molar-refractivity contribution < 1.29 is 17.2 Å². The Balaban J connectivity index is 2.10. The van der Waals surface area contributed by atoms with Crippen molar-refractivity contribution >= 4 is 31.6 Å². The second kappa shape index (κ2) is 5.94. The SMILES string of the molecule is CNS(=O)(=O)c1ccc(CNc2cc(F)ccc2Br)o1. The molecule has 0 saturated heterocycles. The van der Waals surface area contributed by atoms with Crippen LogP contribution in [0.4, 0.5) is 10.1 Å². The van der Waals surface area contributed by atoms with Crippen molar-refractivity contribution in [2.45, 2.75) is 11.6 Å². The molecule has 0 radical (unpaired) electrons. The first-order valence-corrected chi connectivity index (χ1v) is 7.91. The van der Waals surface area contributed by atoms with Gasteiger partial charge in [-0.05, 0) is 53.3 Å². The third kappa shape index (κ3) is 3.38. The smallest absolute Gasteiger partial charge is 0.273 e. The van der Waals surface area contributed by atoms with Crippen molar-refractivity contribution in [1.82, 2.24) is 4.72 Å². The van der Waals surface area contributed by atoms with Gasteiger partial charge in [0.1, 0.15) is 11.6 Å². The Morgan fingerprint density at radius 3 is 2.75 bits per heavy atom. The molecule has 0 amide bonds. The van der Waals surface area contributed by atoms with Crippen LogP contribution in [0, 0.1) is 5.82 Å². The van der Waals surface area contributed by atoms with Crippen LogP contribution in [0.15, 0.2) is 44.3 Å². The summed E-state index contributed by atoms with van der Waals surface area (Å²) in [6, 6.07) is 7.16. The van der Waals surface area contributed by atoms with E-state index >= 15 is 0 Å². The number of nitrogens with one attached hydrogen (secondary N) is 2. The summed E-state index contributed by atoms with van der Waals surface area (Å²) >= 11 is 3.29. The standard InChI is InChI=1S/C12H12BrFN2O3S/c1-15-20(17,18)12-5-3-9(19-12)7-16-11-6-8(14)2-4-10(11)13/h2-6,15-16H,7H2,1H3. The van der Waals surface area contributed by atoms with E-state index in [1.807, 2.05) is 0 Å². The number of anilines is 1. The molecule has 1 aromatic heterocycles. The van der Waals surface area contributed by atoms with Crippen LogP contribution in [0.5, 0.6) is 0 Å². The van der Waals surface area contributed by atoms with Gasteiger partial charge < -0.3 is 9.73 Å². The summed E-state index contributed by atoms with van der Waals surface area (Å²) in [5.74, 6) is 0.0589. The number of sulfonamides is 1. The first-order valence-electron chi connectivity index (χ1n) is 5.63. The summed E-state index contributed by atoms with van der Waals surface area (Å²) in [4.78, 5) is 0. The molecule has 0 spiro atoms. The lowest BCUT2D eigenvalue weighted by molar-refractivity contribution is 0.417. The molecule has 0 saturated carbocycles. The lowest BCUT2D eigenvalue weighted by Crippen LogP contribution is -2.17. The van der Waals surface area contributed by atoms with Crippen molar-refractivity contribution in [2.24, 2.45) is 0 Å². The van der Waals surface area contributed by atoms with E-state index in [2.05, 4.69) is 26.0 Å². The van der Waals surface area contributed by atoms with Crippen molar-refractivity contribution in [2.75, 3.05) is 12.4 Å². The van der Waals surface area contributed by atoms with Crippen molar-refractivity contribution in [3.63, 3.8) is 0 Å². The zero-order chi connectivity index (χ0) is 14.8. The molecule has 0 fully saturated rings. The Bertz CT molecular complexity index is 715. The van der Waals surface area contributed by atoms with Gasteiger partial charge in [0.05, 0.1) is 12.2 Å². The Kier molecular flexibility index (Phi) is 4.46. The second-order valence-electron chi connectivity index (χ2n) is 3.91. The predicted octanol–water partition coefficient (Wildman–Crippen LogP) is 2.70. The highest BCUT2D eigenvalue weighted by atomic mass is 79.9. The molecule has 5 nitrogen and oxygen atoms in total. The summed E-state index contributed by atoms with van der Waals surface area (Å²) < 4.78 is 44.2. The van der Waals surface area contributed by atoms with Gasteiger partial charge in [-0.1, -0.05) is 0 Å². The molecule has 0 atom stereocenters. The van der Waals surface area contributed by atoms with E-state index in [4.69, 9.17) is 4.42 Å². The molecule has 20 heavy (non-hydrogen) atoms. The lowest BCUT2D eigenvalue weighted by atomic mass is 10.3. The number of furan rings is 1. The van der Waals surface area contributed by atoms with Gasteiger partial charge in [-0.2, -0.15) is 0 Å². The molecule has 0 aliphatic heterocycles. The van der Waals surface area contributed by atoms with Crippen LogP contribution in [0.25, 0.3) is 0 Å². The van der Waals surface area contributed by atoms with E-state index in [0.717, 1.165) is 0 Å². The zero-order valence-electron chi connectivity index (χ0n) is 10.5. The fraction of sp³-hybridized carbons (Fsp3) is 0.167. The average molecular weight is 363 g/mol. The summed E-state index contributed by atoms with van der Waals surface area (Å²) in [7, 11) is -2.28. The molecule has 2 aromatic rings.